The molecular weight excluding hydrogens is 296 g/mol. The number of nitrogens with zero attached hydrogens (tertiary/aromatic N) is 2. The highest BCUT2D eigenvalue weighted by atomic mass is 32.1. The molecule has 1 aromatic rings. The lowest BCUT2D eigenvalue weighted by molar-refractivity contribution is 0.0574. The van der Waals surface area contributed by atoms with Crippen LogP contribution in [0.2, 0.25) is 0 Å². The molecule has 1 aliphatic rings. The second kappa shape index (κ2) is 9.79. The normalized spacial score (nSPS) is 16.2. The molecule has 0 bridgehead atoms. The summed E-state index contributed by atoms with van der Waals surface area (Å²) in [5, 5.41) is 9.89. The summed E-state index contributed by atoms with van der Waals surface area (Å²) in [4.78, 5) is 8.69. The van der Waals surface area contributed by atoms with Gasteiger partial charge < -0.3 is 15.4 Å². The maximum atomic E-state index is 5.85. The van der Waals surface area contributed by atoms with Crippen molar-refractivity contribution in [3.63, 3.8) is 0 Å². The van der Waals surface area contributed by atoms with Gasteiger partial charge >= 0.3 is 0 Å². The van der Waals surface area contributed by atoms with E-state index in [4.69, 9.17) is 4.74 Å². The van der Waals surface area contributed by atoms with Gasteiger partial charge in [-0.2, -0.15) is 0 Å². The first kappa shape index (κ1) is 17.2. The topological polar surface area (TPSA) is 58.5 Å². The molecule has 1 aliphatic carbocycles. The van der Waals surface area contributed by atoms with Crippen molar-refractivity contribution in [2.24, 2.45) is 4.99 Å². The minimum absolute atomic E-state index is 0.513. The molecule has 124 valence electrons. The summed E-state index contributed by atoms with van der Waals surface area (Å²) in [6, 6.07) is 0. The van der Waals surface area contributed by atoms with Gasteiger partial charge in [0.2, 0.25) is 0 Å². The first-order chi connectivity index (χ1) is 10.8. The quantitative estimate of drug-likeness (QED) is 0.438. The number of thiazole rings is 1. The van der Waals surface area contributed by atoms with Crippen LogP contribution in [0.15, 0.2) is 10.4 Å². The fourth-order valence-corrected chi connectivity index (χ4v) is 3.28. The Labute approximate surface area is 137 Å². The third-order valence-electron chi connectivity index (χ3n) is 3.83. The summed E-state index contributed by atoms with van der Waals surface area (Å²) in [7, 11) is 1.80. The molecule has 22 heavy (non-hydrogen) atoms. The number of hydrogen-bond acceptors (Lipinski definition) is 4. The van der Waals surface area contributed by atoms with Crippen molar-refractivity contribution in [1.29, 1.82) is 0 Å². The Morgan fingerprint density at radius 2 is 2.14 bits per heavy atom. The molecule has 0 spiro atoms. The predicted octanol–water partition coefficient (Wildman–Crippen LogP) is 2.51. The van der Waals surface area contributed by atoms with Crippen molar-refractivity contribution in [3.8, 4) is 0 Å². The van der Waals surface area contributed by atoms with Crippen LogP contribution in [-0.4, -0.2) is 43.8 Å². The molecule has 0 atom stereocenters. The summed E-state index contributed by atoms with van der Waals surface area (Å²) in [5.41, 5.74) is 1.15. The molecule has 6 heteroatoms. The molecule has 0 aliphatic heterocycles. The predicted molar refractivity (Wildman–Crippen MR) is 92.7 cm³/mol. The SMILES string of the molecule is CN=C(NCCCOC1CCCC1)NCCc1csc(C)n1. The molecule has 0 radical (unpaired) electrons. The van der Waals surface area contributed by atoms with Crippen molar-refractivity contribution in [1.82, 2.24) is 15.6 Å². The van der Waals surface area contributed by atoms with Crippen LogP contribution in [0, 0.1) is 6.92 Å². The van der Waals surface area contributed by atoms with E-state index < -0.39 is 0 Å². The highest BCUT2D eigenvalue weighted by Crippen LogP contribution is 2.20. The van der Waals surface area contributed by atoms with Crippen molar-refractivity contribution in [3.05, 3.63) is 16.1 Å². The van der Waals surface area contributed by atoms with Crippen molar-refractivity contribution in [2.75, 3.05) is 26.7 Å². The van der Waals surface area contributed by atoms with E-state index >= 15 is 0 Å². The van der Waals surface area contributed by atoms with Gasteiger partial charge in [-0.15, -0.1) is 11.3 Å². The maximum absolute atomic E-state index is 5.85. The van der Waals surface area contributed by atoms with Gasteiger partial charge in [-0.1, -0.05) is 12.8 Å². The van der Waals surface area contributed by atoms with E-state index in [0.29, 0.717) is 6.10 Å². The monoisotopic (exact) mass is 324 g/mol. The second-order valence-corrected chi connectivity index (χ2v) is 6.73. The van der Waals surface area contributed by atoms with Gasteiger partial charge in [0.25, 0.3) is 0 Å². The number of aryl methyl sites for hydroxylation is 1. The number of aromatic nitrogens is 1. The van der Waals surface area contributed by atoms with Crippen LogP contribution >= 0.6 is 11.3 Å². The first-order valence-electron chi connectivity index (χ1n) is 8.25. The van der Waals surface area contributed by atoms with Crippen LogP contribution in [0.3, 0.4) is 0 Å². The van der Waals surface area contributed by atoms with E-state index in [2.05, 4.69) is 26.0 Å². The smallest absolute Gasteiger partial charge is 0.190 e. The maximum Gasteiger partial charge on any atom is 0.190 e. The van der Waals surface area contributed by atoms with E-state index in [-0.39, 0.29) is 0 Å². The highest BCUT2D eigenvalue weighted by molar-refractivity contribution is 7.09. The lowest BCUT2D eigenvalue weighted by Gasteiger charge is -2.13. The number of ether oxygens (including phenoxy) is 1. The van der Waals surface area contributed by atoms with Crippen molar-refractivity contribution in [2.45, 2.75) is 51.6 Å². The van der Waals surface area contributed by atoms with Crippen LogP contribution in [0.1, 0.15) is 42.8 Å². The lowest BCUT2D eigenvalue weighted by Crippen LogP contribution is -2.39. The van der Waals surface area contributed by atoms with E-state index in [9.17, 15) is 0 Å². The van der Waals surface area contributed by atoms with E-state index in [1.807, 2.05) is 6.92 Å². The van der Waals surface area contributed by atoms with Gasteiger partial charge in [0.15, 0.2) is 5.96 Å². The Morgan fingerprint density at radius 1 is 1.36 bits per heavy atom. The number of guanidine groups is 1. The van der Waals surface area contributed by atoms with Gasteiger partial charge in [0.1, 0.15) is 0 Å². The molecule has 0 unspecified atom stereocenters. The van der Waals surface area contributed by atoms with Crippen LogP contribution in [0.25, 0.3) is 0 Å². The number of aliphatic imine (C=N–C) groups is 1. The fourth-order valence-electron chi connectivity index (χ4n) is 2.64. The Morgan fingerprint density at radius 3 is 2.82 bits per heavy atom. The average Bonchev–Trinajstić information content (AvgIpc) is 3.17. The zero-order valence-electron chi connectivity index (χ0n) is 13.7. The molecule has 0 aromatic carbocycles. The molecule has 1 heterocycles. The fraction of sp³-hybridized carbons (Fsp3) is 0.750. The minimum atomic E-state index is 0.513. The number of nitrogens with one attached hydrogen (secondary N) is 2. The minimum Gasteiger partial charge on any atom is -0.378 e. The Kier molecular flexibility index (Phi) is 7.66. The Hall–Kier alpha value is -1.14. The molecule has 5 nitrogen and oxygen atoms in total. The third-order valence-corrected chi connectivity index (χ3v) is 4.66. The number of hydrogen-bond donors (Lipinski definition) is 2. The molecule has 2 rings (SSSR count). The molecule has 0 saturated heterocycles. The average molecular weight is 324 g/mol. The molecule has 2 N–H and O–H groups in total. The van der Waals surface area contributed by atoms with Gasteiger partial charge in [-0.25, -0.2) is 4.98 Å². The van der Waals surface area contributed by atoms with Crippen LogP contribution in [0.5, 0.6) is 0 Å². The third kappa shape index (κ3) is 6.32. The highest BCUT2D eigenvalue weighted by Gasteiger charge is 2.14. The summed E-state index contributed by atoms with van der Waals surface area (Å²) in [6.45, 7) is 4.62. The van der Waals surface area contributed by atoms with Crippen molar-refractivity contribution >= 4 is 17.3 Å². The molecule has 1 fully saturated rings. The van der Waals surface area contributed by atoms with Gasteiger partial charge in [0, 0.05) is 38.5 Å². The Bertz CT molecular complexity index is 455. The molecular formula is C16H28N4OS. The first-order valence-corrected chi connectivity index (χ1v) is 9.13. The summed E-state index contributed by atoms with van der Waals surface area (Å²) < 4.78 is 5.85. The van der Waals surface area contributed by atoms with Gasteiger partial charge in [-0.05, 0) is 26.2 Å². The van der Waals surface area contributed by atoms with E-state index in [1.165, 1.54) is 25.7 Å². The molecule has 0 amide bonds. The zero-order valence-corrected chi connectivity index (χ0v) is 14.5. The van der Waals surface area contributed by atoms with Gasteiger partial charge in [0.05, 0.1) is 16.8 Å². The second-order valence-electron chi connectivity index (χ2n) is 5.66. The van der Waals surface area contributed by atoms with Crippen LogP contribution in [-0.2, 0) is 11.2 Å². The number of rotatable bonds is 8. The summed E-state index contributed by atoms with van der Waals surface area (Å²) in [5.74, 6) is 0.854. The molecule has 1 saturated carbocycles. The van der Waals surface area contributed by atoms with Crippen LogP contribution < -0.4 is 10.6 Å². The lowest BCUT2D eigenvalue weighted by atomic mass is 10.3. The van der Waals surface area contributed by atoms with E-state index in [1.54, 1.807) is 18.4 Å². The van der Waals surface area contributed by atoms with Crippen molar-refractivity contribution < 1.29 is 4.74 Å². The zero-order chi connectivity index (χ0) is 15.6. The standard InChI is InChI=1S/C16H28N4OS/c1-13-20-14(12-22-13)8-10-19-16(17-2)18-9-5-11-21-15-6-3-4-7-15/h12,15H,3-11H2,1-2H3,(H2,17,18,19). The van der Waals surface area contributed by atoms with Gasteiger partial charge in [-0.3, -0.25) is 4.99 Å². The van der Waals surface area contributed by atoms with E-state index in [0.717, 1.165) is 49.2 Å². The molecule has 1 aromatic heterocycles. The Balaban J connectivity index is 1.51. The largest absolute Gasteiger partial charge is 0.378 e. The van der Waals surface area contributed by atoms with Crippen LogP contribution in [0.4, 0.5) is 0 Å². The summed E-state index contributed by atoms with van der Waals surface area (Å²) >= 11 is 1.70. The summed E-state index contributed by atoms with van der Waals surface area (Å²) in [6.07, 6.45) is 7.60.